The van der Waals surface area contributed by atoms with E-state index in [0.717, 1.165) is 5.56 Å². The quantitative estimate of drug-likeness (QED) is 0.744. The minimum atomic E-state index is -0.716. The maximum Gasteiger partial charge on any atom is 0.264 e. The maximum atomic E-state index is 12.2. The Hall–Kier alpha value is -3.49. The Morgan fingerprint density at radius 1 is 1.14 bits per heavy atom. The summed E-state index contributed by atoms with van der Waals surface area (Å²) in [5.74, 6) is 1.51. The Morgan fingerprint density at radius 3 is 2.89 bits per heavy atom. The van der Waals surface area contributed by atoms with Crippen molar-refractivity contribution in [2.24, 2.45) is 5.16 Å². The molecule has 0 fully saturated rings. The molecule has 0 bridgehead atoms. The second kappa shape index (κ2) is 8.03. The van der Waals surface area contributed by atoms with Crippen molar-refractivity contribution in [1.29, 1.82) is 0 Å². The summed E-state index contributed by atoms with van der Waals surface area (Å²) >= 11 is 0. The molecule has 146 valence electrons. The van der Waals surface area contributed by atoms with Crippen LogP contribution in [0.5, 0.6) is 11.5 Å². The third-order valence-corrected chi connectivity index (χ3v) is 4.36. The predicted molar refractivity (Wildman–Crippen MR) is 96.8 cm³/mol. The molecule has 1 aromatic heterocycles. The number of hydrogen-bond donors (Lipinski definition) is 2. The summed E-state index contributed by atoms with van der Waals surface area (Å²) in [6.45, 7) is 0.724. The van der Waals surface area contributed by atoms with E-state index in [0.29, 0.717) is 35.9 Å². The van der Waals surface area contributed by atoms with Gasteiger partial charge in [-0.1, -0.05) is 5.16 Å². The highest BCUT2D eigenvalue weighted by atomic mass is 16.7. The Kier molecular flexibility index (Phi) is 5.14. The van der Waals surface area contributed by atoms with Crippen LogP contribution < -0.4 is 20.1 Å². The van der Waals surface area contributed by atoms with Gasteiger partial charge in [0, 0.05) is 24.9 Å². The number of nitrogens with one attached hydrogen (secondary N) is 2. The number of carbonyl (C=O) groups is 2. The molecule has 0 saturated heterocycles. The lowest BCUT2D eigenvalue weighted by Gasteiger charge is -2.09. The Balaban J connectivity index is 1.19. The van der Waals surface area contributed by atoms with Crippen molar-refractivity contribution < 1.29 is 28.3 Å². The summed E-state index contributed by atoms with van der Waals surface area (Å²) in [5.41, 5.74) is 1.48. The van der Waals surface area contributed by atoms with E-state index in [1.54, 1.807) is 24.5 Å². The highest BCUT2D eigenvalue weighted by Gasteiger charge is 2.29. The van der Waals surface area contributed by atoms with Gasteiger partial charge >= 0.3 is 0 Å². The molecule has 2 N–H and O–H groups in total. The molecule has 1 unspecified atom stereocenters. The molecular weight excluding hydrogens is 366 g/mol. The maximum absolute atomic E-state index is 12.2. The fourth-order valence-corrected chi connectivity index (χ4v) is 2.86. The zero-order valence-corrected chi connectivity index (χ0v) is 15.0. The Morgan fingerprint density at radius 2 is 2.04 bits per heavy atom. The molecule has 0 aliphatic carbocycles. The largest absolute Gasteiger partial charge is 0.467 e. The lowest BCUT2D eigenvalue weighted by atomic mass is 10.0. The van der Waals surface area contributed by atoms with E-state index < -0.39 is 6.10 Å². The first-order valence-electron chi connectivity index (χ1n) is 8.88. The molecule has 2 amide bonds. The van der Waals surface area contributed by atoms with Gasteiger partial charge in [-0.3, -0.25) is 9.59 Å². The zero-order valence-electron chi connectivity index (χ0n) is 15.0. The van der Waals surface area contributed by atoms with Gasteiger partial charge in [-0.05, 0) is 30.3 Å². The van der Waals surface area contributed by atoms with E-state index in [2.05, 4.69) is 15.8 Å². The summed E-state index contributed by atoms with van der Waals surface area (Å²) < 4.78 is 15.8. The van der Waals surface area contributed by atoms with Crippen LogP contribution in [0.25, 0.3) is 0 Å². The van der Waals surface area contributed by atoms with Crippen molar-refractivity contribution in [3.8, 4) is 11.5 Å². The van der Waals surface area contributed by atoms with Crippen molar-refractivity contribution in [2.45, 2.75) is 25.5 Å². The average molecular weight is 385 g/mol. The Labute approximate surface area is 160 Å². The monoisotopic (exact) mass is 385 g/mol. The Bertz CT molecular complexity index is 893. The minimum absolute atomic E-state index is 0.162. The molecule has 0 saturated carbocycles. The van der Waals surface area contributed by atoms with E-state index in [4.69, 9.17) is 18.7 Å². The van der Waals surface area contributed by atoms with Crippen LogP contribution in [0.4, 0.5) is 0 Å². The van der Waals surface area contributed by atoms with Gasteiger partial charge in [0.05, 0.1) is 18.5 Å². The molecule has 0 radical (unpaired) electrons. The lowest BCUT2D eigenvalue weighted by molar-refractivity contribution is -0.131. The van der Waals surface area contributed by atoms with Crippen molar-refractivity contribution in [3.05, 3.63) is 47.9 Å². The van der Waals surface area contributed by atoms with Crippen LogP contribution in [0, 0.1) is 0 Å². The van der Waals surface area contributed by atoms with Crippen molar-refractivity contribution in [1.82, 2.24) is 10.6 Å². The highest BCUT2D eigenvalue weighted by molar-refractivity contribution is 6.04. The van der Waals surface area contributed by atoms with Crippen LogP contribution in [-0.4, -0.2) is 37.0 Å². The van der Waals surface area contributed by atoms with Gasteiger partial charge in [0.25, 0.3) is 5.91 Å². The number of ether oxygens (including phenoxy) is 2. The first kappa shape index (κ1) is 17.9. The zero-order chi connectivity index (χ0) is 19.3. The molecule has 9 nitrogen and oxygen atoms in total. The topological polar surface area (TPSA) is 111 Å². The fourth-order valence-electron chi connectivity index (χ4n) is 2.86. The molecule has 2 aliphatic rings. The summed E-state index contributed by atoms with van der Waals surface area (Å²) in [6, 6.07) is 8.99. The summed E-state index contributed by atoms with van der Waals surface area (Å²) in [6.07, 6.45) is 1.33. The fraction of sp³-hybridized carbons (Fsp3) is 0.316. The van der Waals surface area contributed by atoms with Crippen molar-refractivity contribution >= 4 is 17.5 Å². The second-order valence-electron chi connectivity index (χ2n) is 6.30. The molecule has 2 aromatic rings. The average Bonchev–Trinajstić information content (AvgIpc) is 3.47. The molecule has 1 aromatic carbocycles. The molecule has 2 aliphatic heterocycles. The number of benzene rings is 1. The van der Waals surface area contributed by atoms with Crippen LogP contribution in [-0.2, 0) is 21.0 Å². The molecule has 28 heavy (non-hydrogen) atoms. The van der Waals surface area contributed by atoms with E-state index in [-0.39, 0.29) is 31.6 Å². The summed E-state index contributed by atoms with van der Waals surface area (Å²) in [5, 5.41) is 9.42. The molecule has 9 heteroatoms. The molecule has 0 spiro atoms. The molecule has 4 rings (SSSR count). The third kappa shape index (κ3) is 4.08. The SMILES string of the molecule is O=C(CCNC(=O)C1CC(c2ccc3c(c2)OCO3)=NO1)NCc1ccco1. The van der Waals surface area contributed by atoms with Gasteiger partial charge in [0.1, 0.15) is 5.76 Å². The van der Waals surface area contributed by atoms with Crippen LogP contribution in [0.3, 0.4) is 0 Å². The highest BCUT2D eigenvalue weighted by Crippen LogP contribution is 2.33. The van der Waals surface area contributed by atoms with Crippen LogP contribution in [0.15, 0.2) is 46.2 Å². The number of fused-ring (bicyclic) bond motifs is 1. The van der Waals surface area contributed by atoms with Gasteiger partial charge in [-0.25, -0.2) is 0 Å². The minimum Gasteiger partial charge on any atom is -0.467 e. The smallest absolute Gasteiger partial charge is 0.264 e. The standard InChI is InChI=1S/C19H19N3O6/c23-18(21-10-13-2-1-7-25-13)5-6-20-19(24)17-9-14(22-28-17)12-3-4-15-16(8-12)27-11-26-15/h1-4,7-8,17H,5-6,9-11H2,(H,20,24)(H,21,23). The predicted octanol–water partition coefficient (Wildman–Crippen LogP) is 1.32. The second-order valence-corrected chi connectivity index (χ2v) is 6.30. The van der Waals surface area contributed by atoms with Gasteiger partial charge in [0.2, 0.25) is 18.8 Å². The van der Waals surface area contributed by atoms with Crippen LogP contribution in [0.1, 0.15) is 24.2 Å². The van der Waals surface area contributed by atoms with E-state index in [1.165, 1.54) is 0 Å². The number of oxime groups is 1. The third-order valence-electron chi connectivity index (χ3n) is 4.36. The van der Waals surface area contributed by atoms with Crippen molar-refractivity contribution in [3.63, 3.8) is 0 Å². The summed E-state index contributed by atoms with van der Waals surface area (Å²) in [4.78, 5) is 29.3. The number of furan rings is 1. The molecule has 3 heterocycles. The number of nitrogens with zero attached hydrogens (tertiary/aromatic N) is 1. The van der Waals surface area contributed by atoms with Crippen LogP contribution in [0.2, 0.25) is 0 Å². The van der Waals surface area contributed by atoms with Crippen LogP contribution >= 0.6 is 0 Å². The number of amides is 2. The number of rotatable bonds is 7. The summed E-state index contributed by atoms with van der Waals surface area (Å²) in [7, 11) is 0. The van der Waals surface area contributed by atoms with Gasteiger partial charge in [-0.2, -0.15) is 0 Å². The van der Waals surface area contributed by atoms with Gasteiger partial charge < -0.3 is 29.4 Å². The molecular formula is C19H19N3O6. The van der Waals surface area contributed by atoms with E-state index in [9.17, 15) is 9.59 Å². The first-order chi connectivity index (χ1) is 13.7. The normalized spacial score (nSPS) is 17.0. The number of carbonyl (C=O) groups excluding carboxylic acids is 2. The van der Waals surface area contributed by atoms with E-state index >= 15 is 0 Å². The number of hydrogen-bond acceptors (Lipinski definition) is 7. The van der Waals surface area contributed by atoms with Gasteiger partial charge in [0.15, 0.2) is 11.5 Å². The van der Waals surface area contributed by atoms with E-state index in [1.807, 2.05) is 12.1 Å². The first-order valence-corrected chi connectivity index (χ1v) is 8.88. The molecule has 1 atom stereocenters. The lowest BCUT2D eigenvalue weighted by Crippen LogP contribution is -2.37. The van der Waals surface area contributed by atoms with Crippen molar-refractivity contribution in [2.75, 3.05) is 13.3 Å². The van der Waals surface area contributed by atoms with Gasteiger partial charge in [-0.15, -0.1) is 0 Å².